The van der Waals surface area contributed by atoms with Crippen LogP contribution in [0.4, 0.5) is 0 Å². The molecule has 0 fully saturated rings. The predicted molar refractivity (Wildman–Crippen MR) is 230 cm³/mol. The van der Waals surface area contributed by atoms with Crippen molar-refractivity contribution in [3.05, 3.63) is 170 Å². The molecule has 4 heterocycles. The molecule has 2 nitrogen and oxygen atoms in total. The Kier molecular flexibility index (Phi) is 6.12. The molecule has 4 heteroatoms. The zero-order valence-corrected chi connectivity index (χ0v) is 30.0. The van der Waals surface area contributed by atoms with E-state index in [1.54, 1.807) is 0 Å². The Bertz CT molecular complexity index is 3470. The molecule has 0 aliphatic heterocycles. The molecule has 4 aromatic heterocycles. The van der Waals surface area contributed by atoms with E-state index in [1.165, 1.54) is 89.3 Å². The Morgan fingerprint density at radius 1 is 0.415 bits per heavy atom. The maximum Gasteiger partial charge on any atom is 0.138 e. The van der Waals surface area contributed by atoms with Crippen molar-refractivity contribution in [3.63, 3.8) is 0 Å². The molecule has 12 aromatic rings. The number of aromatic nitrogens is 2. The predicted octanol–water partition coefficient (Wildman–Crippen LogP) is 14.6. The van der Waals surface area contributed by atoms with Crippen LogP contribution in [-0.4, -0.2) is 9.55 Å². The van der Waals surface area contributed by atoms with Crippen LogP contribution in [0.3, 0.4) is 0 Å². The van der Waals surface area contributed by atoms with E-state index in [4.69, 9.17) is 4.98 Å². The van der Waals surface area contributed by atoms with Gasteiger partial charge in [-0.1, -0.05) is 121 Å². The Morgan fingerprint density at radius 2 is 1.11 bits per heavy atom. The van der Waals surface area contributed by atoms with Gasteiger partial charge in [-0.15, -0.1) is 22.7 Å². The van der Waals surface area contributed by atoms with Crippen LogP contribution in [0.15, 0.2) is 170 Å². The van der Waals surface area contributed by atoms with Crippen molar-refractivity contribution in [2.24, 2.45) is 0 Å². The molecule has 0 bridgehead atoms. The van der Waals surface area contributed by atoms with Crippen molar-refractivity contribution in [2.75, 3.05) is 0 Å². The van der Waals surface area contributed by atoms with E-state index in [9.17, 15) is 0 Å². The molecule has 0 atom stereocenters. The number of hydrogen-bond donors (Lipinski definition) is 0. The summed E-state index contributed by atoms with van der Waals surface area (Å²) >= 11 is 3.78. The second-order valence-electron chi connectivity index (χ2n) is 13.9. The van der Waals surface area contributed by atoms with Gasteiger partial charge >= 0.3 is 0 Å². The third kappa shape index (κ3) is 4.22. The van der Waals surface area contributed by atoms with Crippen LogP contribution in [0.1, 0.15) is 0 Å². The van der Waals surface area contributed by atoms with Gasteiger partial charge in [-0.2, -0.15) is 0 Å². The van der Waals surface area contributed by atoms with Gasteiger partial charge in [0, 0.05) is 52.0 Å². The summed E-state index contributed by atoms with van der Waals surface area (Å²) in [6, 6.07) is 62.1. The van der Waals surface area contributed by atoms with Gasteiger partial charge in [0.25, 0.3) is 0 Å². The topological polar surface area (TPSA) is 17.8 Å². The van der Waals surface area contributed by atoms with Gasteiger partial charge < -0.3 is 0 Å². The van der Waals surface area contributed by atoms with E-state index in [0.29, 0.717) is 0 Å². The van der Waals surface area contributed by atoms with Crippen LogP contribution in [0, 0.1) is 0 Å². The van der Waals surface area contributed by atoms with E-state index in [-0.39, 0.29) is 0 Å². The summed E-state index contributed by atoms with van der Waals surface area (Å²) in [5.41, 5.74) is 7.00. The van der Waals surface area contributed by atoms with E-state index >= 15 is 0 Å². The van der Waals surface area contributed by atoms with Crippen molar-refractivity contribution in [2.45, 2.75) is 0 Å². The lowest BCUT2D eigenvalue weighted by Crippen LogP contribution is -1.99. The van der Waals surface area contributed by atoms with Gasteiger partial charge in [-0.05, 0) is 81.2 Å². The Morgan fingerprint density at radius 3 is 2.02 bits per heavy atom. The molecular weight excluding hydrogens is 681 g/mol. The number of para-hydroxylation sites is 1. The zero-order chi connectivity index (χ0) is 34.6. The lowest BCUT2D eigenvalue weighted by atomic mass is 9.95. The second-order valence-corrected chi connectivity index (χ2v) is 16.0. The molecule has 8 aromatic carbocycles. The molecule has 12 rings (SSSR count). The molecule has 0 N–H and O–H groups in total. The fourth-order valence-corrected chi connectivity index (χ4v) is 11.0. The summed E-state index contributed by atoms with van der Waals surface area (Å²) in [5.74, 6) is 0.922. The molecular formula is C49H28N2S2. The number of rotatable bonds is 3. The van der Waals surface area contributed by atoms with E-state index in [1.807, 2.05) is 22.7 Å². The highest BCUT2D eigenvalue weighted by Gasteiger charge is 2.22. The Balaban J connectivity index is 1.18. The largest absolute Gasteiger partial charge is 0.292 e. The van der Waals surface area contributed by atoms with Crippen molar-refractivity contribution in [3.8, 4) is 28.2 Å². The summed E-state index contributed by atoms with van der Waals surface area (Å²) in [5, 5.41) is 12.8. The summed E-state index contributed by atoms with van der Waals surface area (Å²) in [4.78, 5) is 5.43. The molecule has 0 saturated carbocycles. The van der Waals surface area contributed by atoms with Crippen LogP contribution >= 0.6 is 22.7 Å². The molecule has 0 aliphatic carbocycles. The van der Waals surface area contributed by atoms with Crippen LogP contribution in [0.25, 0.3) is 112 Å². The SMILES string of the molecule is c1cc(-c2cccc3ccccc23)nc(-n2c3ccccc3c3cc(-c4ccc5sc6ccc7ccccc7c6c5c4)c4c5ccccc5sc4c32)c1. The summed E-state index contributed by atoms with van der Waals surface area (Å²) in [7, 11) is 0. The fourth-order valence-electron chi connectivity index (χ4n) is 8.66. The number of thiophene rings is 2. The fraction of sp³-hybridized carbons (Fsp3) is 0. The summed E-state index contributed by atoms with van der Waals surface area (Å²) in [6.45, 7) is 0. The molecule has 0 unspecified atom stereocenters. The number of fused-ring (bicyclic) bond motifs is 13. The smallest absolute Gasteiger partial charge is 0.138 e. The minimum Gasteiger partial charge on any atom is -0.292 e. The van der Waals surface area contributed by atoms with Gasteiger partial charge in [-0.3, -0.25) is 4.57 Å². The van der Waals surface area contributed by atoms with Gasteiger partial charge in [0.15, 0.2) is 0 Å². The van der Waals surface area contributed by atoms with E-state index in [2.05, 4.69) is 174 Å². The minimum absolute atomic E-state index is 0.922. The second kappa shape index (κ2) is 11.1. The summed E-state index contributed by atoms with van der Waals surface area (Å²) < 4.78 is 7.63. The van der Waals surface area contributed by atoms with Crippen LogP contribution < -0.4 is 0 Å². The number of hydrogen-bond acceptors (Lipinski definition) is 3. The average Bonchev–Trinajstić information content (AvgIpc) is 3.90. The standard InChI is InChI=1S/C49H28N2S2/c1-3-14-32-29(11-1)13-9-18-34(32)40-19-10-22-45(50-40)51-41-20-7-5-16-35(41)38-28-37(47-36-17-6-8-21-42(36)53-49(47)48(38)51)31-24-25-43-39(27-31)46-33-15-4-2-12-30(33)23-26-44(46)52-43/h1-28H. The molecule has 0 spiro atoms. The Labute approximate surface area is 312 Å². The van der Waals surface area contributed by atoms with Gasteiger partial charge in [0.2, 0.25) is 0 Å². The molecule has 0 saturated heterocycles. The lowest BCUT2D eigenvalue weighted by Gasteiger charge is -2.12. The first-order chi connectivity index (χ1) is 26.3. The summed E-state index contributed by atoms with van der Waals surface area (Å²) in [6.07, 6.45) is 0. The van der Waals surface area contributed by atoms with Gasteiger partial charge in [0.05, 0.1) is 21.4 Å². The lowest BCUT2D eigenvalue weighted by molar-refractivity contribution is 1.09. The highest BCUT2D eigenvalue weighted by molar-refractivity contribution is 7.27. The first-order valence-electron chi connectivity index (χ1n) is 18.0. The molecule has 0 radical (unpaired) electrons. The van der Waals surface area contributed by atoms with Gasteiger partial charge in [-0.25, -0.2) is 4.98 Å². The maximum atomic E-state index is 5.43. The Hall–Kier alpha value is -6.33. The average molecular weight is 709 g/mol. The first-order valence-corrected chi connectivity index (χ1v) is 19.6. The van der Waals surface area contributed by atoms with E-state index in [0.717, 1.165) is 22.6 Å². The third-order valence-electron chi connectivity index (χ3n) is 11.0. The number of pyridine rings is 1. The van der Waals surface area contributed by atoms with Crippen LogP contribution in [0.5, 0.6) is 0 Å². The zero-order valence-electron chi connectivity index (χ0n) is 28.4. The van der Waals surface area contributed by atoms with Gasteiger partial charge in [0.1, 0.15) is 5.82 Å². The van der Waals surface area contributed by atoms with Crippen molar-refractivity contribution >= 4 is 106 Å². The highest BCUT2D eigenvalue weighted by Crippen LogP contribution is 2.49. The van der Waals surface area contributed by atoms with Crippen molar-refractivity contribution in [1.29, 1.82) is 0 Å². The van der Waals surface area contributed by atoms with E-state index < -0.39 is 0 Å². The first kappa shape index (κ1) is 29.3. The highest BCUT2D eigenvalue weighted by atomic mass is 32.1. The van der Waals surface area contributed by atoms with Crippen LogP contribution in [-0.2, 0) is 0 Å². The van der Waals surface area contributed by atoms with Crippen molar-refractivity contribution < 1.29 is 0 Å². The van der Waals surface area contributed by atoms with Crippen molar-refractivity contribution in [1.82, 2.24) is 9.55 Å². The maximum absolute atomic E-state index is 5.43. The quantitative estimate of drug-likeness (QED) is 0.179. The van der Waals surface area contributed by atoms with Crippen LogP contribution in [0.2, 0.25) is 0 Å². The minimum atomic E-state index is 0.922. The molecule has 0 amide bonds. The number of nitrogens with zero attached hydrogens (tertiary/aromatic N) is 2. The monoisotopic (exact) mass is 708 g/mol. The number of benzene rings is 8. The molecule has 246 valence electrons. The normalized spacial score (nSPS) is 12.2. The third-order valence-corrected chi connectivity index (χ3v) is 13.3. The molecule has 53 heavy (non-hydrogen) atoms. The molecule has 0 aliphatic rings.